The van der Waals surface area contributed by atoms with Gasteiger partial charge < -0.3 is 10.2 Å². The summed E-state index contributed by atoms with van der Waals surface area (Å²) in [5.74, 6) is 2.68. The van der Waals surface area contributed by atoms with Gasteiger partial charge in [0.25, 0.3) is 0 Å². The van der Waals surface area contributed by atoms with Crippen molar-refractivity contribution >= 4 is 5.69 Å². The van der Waals surface area contributed by atoms with Gasteiger partial charge >= 0.3 is 0 Å². The maximum absolute atomic E-state index is 3.51. The Bertz CT molecular complexity index is 369. The average Bonchev–Trinajstić information content (AvgIpc) is 2.61. The monoisotopic (exact) mass is 216 g/mol. The minimum atomic E-state index is 0.816. The lowest BCUT2D eigenvalue weighted by molar-refractivity contribution is 0.191. The molecule has 1 N–H and O–H groups in total. The van der Waals surface area contributed by atoms with Crippen molar-refractivity contribution in [2.24, 2.45) is 11.8 Å². The van der Waals surface area contributed by atoms with Crippen LogP contribution in [0.4, 0.5) is 5.69 Å². The highest BCUT2D eigenvalue weighted by Crippen LogP contribution is 2.49. The van der Waals surface area contributed by atoms with E-state index in [1.807, 2.05) is 0 Å². The van der Waals surface area contributed by atoms with Gasteiger partial charge in [-0.3, -0.25) is 0 Å². The standard InChI is InChI=1S/C14H20N2/c1-16(2)12-5-3-10(4-6-12)13-7-11-8-15-9-14(11)13/h3-6,11,13-15H,7-9H2,1-2H3/t11-,13+,14+/m1/s1. The Labute approximate surface area is 97.6 Å². The van der Waals surface area contributed by atoms with Crippen molar-refractivity contribution in [3.05, 3.63) is 29.8 Å². The summed E-state index contributed by atoms with van der Waals surface area (Å²) in [6, 6.07) is 9.11. The maximum Gasteiger partial charge on any atom is 0.0361 e. The van der Waals surface area contributed by atoms with E-state index in [9.17, 15) is 0 Å². The van der Waals surface area contributed by atoms with Crippen molar-refractivity contribution in [3.8, 4) is 0 Å². The number of nitrogens with one attached hydrogen (secondary N) is 1. The summed E-state index contributed by atoms with van der Waals surface area (Å²) in [5, 5.41) is 3.51. The number of fused-ring (bicyclic) bond motifs is 1. The van der Waals surface area contributed by atoms with Crippen LogP contribution >= 0.6 is 0 Å². The van der Waals surface area contributed by atoms with Crippen LogP contribution in [-0.2, 0) is 0 Å². The molecule has 0 amide bonds. The summed E-state index contributed by atoms with van der Waals surface area (Å²) in [6.07, 6.45) is 1.39. The predicted octanol–water partition coefficient (Wildman–Crippen LogP) is 2.08. The minimum Gasteiger partial charge on any atom is -0.378 e. The van der Waals surface area contributed by atoms with Gasteiger partial charge in [-0.1, -0.05) is 12.1 Å². The summed E-state index contributed by atoms with van der Waals surface area (Å²) >= 11 is 0. The molecule has 0 aromatic heterocycles. The molecule has 0 radical (unpaired) electrons. The molecular formula is C14H20N2. The van der Waals surface area contributed by atoms with Crippen LogP contribution in [0.25, 0.3) is 0 Å². The SMILES string of the molecule is CN(C)c1ccc([C@@H]2C[C@@H]3CNC[C@@H]32)cc1. The largest absolute Gasteiger partial charge is 0.378 e. The third-order valence-corrected chi connectivity index (χ3v) is 4.30. The molecular weight excluding hydrogens is 196 g/mol. The molecule has 0 bridgehead atoms. The van der Waals surface area contributed by atoms with Crippen molar-refractivity contribution in [1.29, 1.82) is 0 Å². The second-order valence-corrected chi connectivity index (χ2v) is 5.41. The van der Waals surface area contributed by atoms with Gasteiger partial charge in [0.1, 0.15) is 0 Å². The molecule has 1 saturated carbocycles. The zero-order valence-electron chi connectivity index (χ0n) is 10.1. The first-order valence-electron chi connectivity index (χ1n) is 6.23. The van der Waals surface area contributed by atoms with E-state index >= 15 is 0 Å². The quantitative estimate of drug-likeness (QED) is 0.814. The van der Waals surface area contributed by atoms with E-state index in [2.05, 4.69) is 48.6 Å². The van der Waals surface area contributed by atoms with E-state index in [-0.39, 0.29) is 0 Å². The molecule has 16 heavy (non-hydrogen) atoms. The molecule has 2 aliphatic rings. The topological polar surface area (TPSA) is 15.3 Å². The number of nitrogens with zero attached hydrogens (tertiary/aromatic N) is 1. The molecule has 2 fully saturated rings. The third kappa shape index (κ3) is 1.52. The van der Waals surface area contributed by atoms with Crippen molar-refractivity contribution < 1.29 is 0 Å². The second kappa shape index (κ2) is 3.77. The van der Waals surface area contributed by atoms with Gasteiger partial charge in [-0.25, -0.2) is 0 Å². The maximum atomic E-state index is 3.51. The van der Waals surface area contributed by atoms with Crippen LogP contribution in [0.1, 0.15) is 17.9 Å². The van der Waals surface area contributed by atoms with Gasteiger partial charge in [0.05, 0.1) is 0 Å². The molecule has 86 valence electrons. The van der Waals surface area contributed by atoms with E-state index in [1.165, 1.54) is 30.8 Å². The highest BCUT2D eigenvalue weighted by atomic mass is 15.1. The number of benzene rings is 1. The van der Waals surface area contributed by atoms with E-state index in [4.69, 9.17) is 0 Å². The van der Waals surface area contributed by atoms with Crippen molar-refractivity contribution in [2.75, 3.05) is 32.1 Å². The first-order chi connectivity index (χ1) is 7.75. The van der Waals surface area contributed by atoms with E-state index in [0.29, 0.717) is 0 Å². The number of rotatable bonds is 2. The minimum absolute atomic E-state index is 0.816. The molecule has 1 aliphatic carbocycles. The van der Waals surface area contributed by atoms with Crippen LogP contribution in [0, 0.1) is 11.8 Å². The van der Waals surface area contributed by atoms with E-state index < -0.39 is 0 Å². The lowest BCUT2D eigenvalue weighted by Gasteiger charge is -2.40. The number of anilines is 1. The molecule has 1 aromatic carbocycles. The van der Waals surface area contributed by atoms with Gasteiger partial charge in [-0.15, -0.1) is 0 Å². The van der Waals surface area contributed by atoms with Crippen molar-refractivity contribution in [3.63, 3.8) is 0 Å². The van der Waals surface area contributed by atoms with Gasteiger partial charge in [-0.2, -0.15) is 0 Å². The first-order valence-corrected chi connectivity index (χ1v) is 6.23. The number of hydrogen-bond donors (Lipinski definition) is 1. The lowest BCUT2D eigenvalue weighted by Crippen LogP contribution is -2.33. The van der Waals surface area contributed by atoms with Crippen LogP contribution in [0.5, 0.6) is 0 Å². The van der Waals surface area contributed by atoms with Crippen molar-refractivity contribution in [1.82, 2.24) is 5.32 Å². The molecule has 1 aliphatic heterocycles. The van der Waals surface area contributed by atoms with Gasteiger partial charge in [0.2, 0.25) is 0 Å². The zero-order valence-corrected chi connectivity index (χ0v) is 10.1. The molecule has 0 spiro atoms. The van der Waals surface area contributed by atoms with Gasteiger partial charge in [0, 0.05) is 19.8 Å². The Morgan fingerprint density at radius 3 is 2.50 bits per heavy atom. The summed E-state index contributed by atoms with van der Waals surface area (Å²) < 4.78 is 0. The smallest absolute Gasteiger partial charge is 0.0361 e. The van der Waals surface area contributed by atoms with Gasteiger partial charge in [0.15, 0.2) is 0 Å². The van der Waals surface area contributed by atoms with Crippen LogP contribution < -0.4 is 10.2 Å². The van der Waals surface area contributed by atoms with E-state index in [0.717, 1.165) is 17.8 Å². The highest BCUT2D eigenvalue weighted by Gasteiger charge is 2.44. The Kier molecular flexibility index (Phi) is 2.40. The summed E-state index contributed by atoms with van der Waals surface area (Å²) in [7, 11) is 4.19. The molecule has 1 saturated heterocycles. The van der Waals surface area contributed by atoms with Crippen molar-refractivity contribution in [2.45, 2.75) is 12.3 Å². The predicted molar refractivity (Wildman–Crippen MR) is 68.0 cm³/mol. The molecule has 3 atom stereocenters. The van der Waals surface area contributed by atoms with Crippen LogP contribution in [0.3, 0.4) is 0 Å². The molecule has 2 heteroatoms. The Morgan fingerprint density at radius 1 is 1.12 bits per heavy atom. The highest BCUT2D eigenvalue weighted by molar-refractivity contribution is 5.47. The summed E-state index contributed by atoms with van der Waals surface area (Å²) in [6.45, 7) is 2.47. The fourth-order valence-electron chi connectivity index (χ4n) is 3.19. The average molecular weight is 216 g/mol. The summed E-state index contributed by atoms with van der Waals surface area (Å²) in [4.78, 5) is 2.16. The second-order valence-electron chi connectivity index (χ2n) is 5.41. The van der Waals surface area contributed by atoms with Crippen LogP contribution in [0.2, 0.25) is 0 Å². The molecule has 1 aromatic rings. The molecule has 0 unspecified atom stereocenters. The normalized spacial score (nSPS) is 32.0. The fraction of sp³-hybridized carbons (Fsp3) is 0.571. The summed E-state index contributed by atoms with van der Waals surface area (Å²) in [5.41, 5.74) is 2.83. The fourth-order valence-corrected chi connectivity index (χ4v) is 3.19. The Morgan fingerprint density at radius 2 is 1.88 bits per heavy atom. The third-order valence-electron chi connectivity index (χ3n) is 4.30. The molecule has 3 rings (SSSR count). The number of hydrogen-bond acceptors (Lipinski definition) is 2. The first kappa shape index (κ1) is 10.2. The van der Waals surface area contributed by atoms with Gasteiger partial charge in [-0.05, 0) is 55.0 Å². The zero-order chi connectivity index (χ0) is 11.1. The van der Waals surface area contributed by atoms with Crippen LogP contribution in [0.15, 0.2) is 24.3 Å². The molecule has 1 heterocycles. The van der Waals surface area contributed by atoms with Crippen LogP contribution in [-0.4, -0.2) is 27.2 Å². The Balaban J connectivity index is 1.75. The molecule has 2 nitrogen and oxygen atoms in total. The van der Waals surface area contributed by atoms with E-state index in [1.54, 1.807) is 0 Å². The Hall–Kier alpha value is -1.02. The lowest BCUT2D eigenvalue weighted by atomic mass is 9.64.